The van der Waals surface area contributed by atoms with Gasteiger partial charge in [-0.05, 0) is 18.6 Å². The molecule has 0 amide bonds. The van der Waals surface area contributed by atoms with Crippen LogP contribution >= 0.6 is 0 Å². The van der Waals surface area contributed by atoms with Crippen LogP contribution in [0.25, 0.3) is 11.0 Å². The molecule has 108 valence electrons. The maximum atomic E-state index is 12.3. The Balaban J connectivity index is 1.74. The zero-order chi connectivity index (χ0) is 14.7. The molecule has 0 fully saturated rings. The molecule has 6 heteroatoms. The second-order valence-corrected chi connectivity index (χ2v) is 4.86. The summed E-state index contributed by atoms with van der Waals surface area (Å²) in [4.78, 5) is 25.0. The molecule has 0 saturated carbocycles. The molecule has 0 radical (unpaired) electrons. The monoisotopic (exact) mass is 283 g/mol. The minimum atomic E-state index is -0.0815. The smallest absolute Gasteiger partial charge is 0.279 e. The standard InChI is InChI=1S/C15H17N5O/c1-2-13-16-7-10-19(13)8-4-9-20-11-18-12-5-3-6-17-14(12)15(20)21/h3,5-7,10-11H,2,4,8-9H2,1H3. The summed E-state index contributed by atoms with van der Waals surface area (Å²) in [6.07, 6.45) is 8.77. The van der Waals surface area contributed by atoms with E-state index < -0.39 is 0 Å². The Morgan fingerprint density at radius 2 is 1.95 bits per heavy atom. The largest absolute Gasteiger partial charge is 0.335 e. The summed E-state index contributed by atoms with van der Waals surface area (Å²) in [5, 5.41) is 0. The van der Waals surface area contributed by atoms with E-state index in [9.17, 15) is 4.79 Å². The van der Waals surface area contributed by atoms with Crippen molar-refractivity contribution < 1.29 is 0 Å². The van der Waals surface area contributed by atoms with Gasteiger partial charge in [-0.3, -0.25) is 9.36 Å². The predicted molar refractivity (Wildman–Crippen MR) is 80.0 cm³/mol. The number of aromatic nitrogens is 5. The van der Waals surface area contributed by atoms with Gasteiger partial charge in [-0.2, -0.15) is 0 Å². The molecule has 0 spiro atoms. The first-order valence-corrected chi connectivity index (χ1v) is 7.09. The fourth-order valence-corrected chi connectivity index (χ4v) is 2.41. The van der Waals surface area contributed by atoms with Crippen molar-refractivity contribution in [3.05, 3.63) is 53.2 Å². The molecule has 6 nitrogen and oxygen atoms in total. The summed E-state index contributed by atoms with van der Waals surface area (Å²) in [5.74, 6) is 1.07. The molecule has 0 aromatic carbocycles. The SMILES string of the molecule is CCc1nccn1CCCn1cnc2cccnc2c1=O. The molecule has 0 saturated heterocycles. The van der Waals surface area contributed by atoms with Gasteiger partial charge in [0.15, 0.2) is 5.52 Å². The number of hydrogen-bond acceptors (Lipinski definition) is 4. The van der Waals surface area contributed by atoms with Gasteiger partial charge in [0.05, 0.1) is 11.8 Å². The summed E-state index contributed by atoms with van der Waals surface area (Å²) in [5.41, 5.74) is 0.987. The Morgan fingerprint density at radius 1 is 1.10 bits per heavy atom. The lowest BCUT2D eigenvalue weighted by Crippen LogP contribution is -2.22. The lowest BCUT2D eigenvalue weighted by atomic mass is 10.3. The molecule has 0 aliphatic carbocycles. The predicted octanol–water partition coefficient (Wildman–Crippen LogP) is 1.64. The fraction of sp³-hybridized carbons (Fsp3) is 0.333. The van der Waals surface area contributed by atoms with Crippen LogP contribution < -0.4 is 5.56 Å². The maximum Gasteiger partial charge on any atom is 0.279 e. The topological polar surface area (TPSA) is 65.6 Å². The van der Waals surface area contributed by atoms with E-state index in [1.165, 1.54) is 0 Å². The first-order chi connectivity index (χ1) is 10.3. The van der Waals surface area contributed by atoms with E-state index in [-0.39, 0.29) is 5.56 Å². The third kappa shape index (κ3) is 2.69. The van der Waals surface area contributed by atoms with Crippen LogP contribution in [0.1, 0.15) is 19.2 Å². The van der Waals surface area contributed by atoms with Gasteiger partial charge in [-0.25, -0.2) is 15.0 Å². The summed E-state index contributed by atoms with van der Waals surface area (Å²) in [6.45, 7) is 3.55. The molecule has 3 heterocycles. The molecule has 21 heavy (non-hydrogen) atoms. The normalized spacial score (nSPS) is 11.1. The number of imidazole rings is 1. The van der Waals surface area contributed by atoms with E-state index in [1.54, 1.807) is 29.2 Å². The molecule has 0 atom stereocenters. The molecule has 0 aliphatic rings. The number of rotatable bonds is 5. The number of hydrogen-bond donors (Lipinski definition) is 0. The van der Waals surface area contributed by atoms with E-state index in [0.29, 0.717) is 17.6 Å². The van der Waals surface area contributed by atoms with Gasteiger partial charge < -0.3 is 4.57 Å². The molecule has 0 bridgehead atoms. The van der Waals surface area contributed by atoms with Crippen molar-refractivity contribution in [2.24, 2.45) is 0 Å². The van der Waals surface area contributed by atoms with Crippen LogP contribution in [0.3, 0.4) is 0 Å². The first kappa shape index (κ1) is 13.5. The zero-order valence-electron chi connectivity index (χ0n) is 11.9. The Hall–Kier alpha value is -2.50. The lowest BCUT2D eigenvalue weighted by molar-refractivity contribution is 0.538. The Bertz CT molecular complexity index is 805. The molecule has 0 aliphatic heterocycles. The van der Waals surface area contributed by atoms with E-state index in [0.717, 1.165) is 25.2 Å². The fourth-order valence-electron chi connectivity index (χ4n) is 2.41. The summed E-state index contributed by atoms with van der Waals surface area (Å²) in [6, 6.07) is 3.58. The molecule has 3 aromatic heterocycles. The second-order valence-electron chi connectivity index (χ2n) is 4.86. The summed E-state index contributed by atoms with van der Waals surface area (Å²) < 4.78 is 3.75. The average molecular weight is 283 g/mol. The highest BCUT2D eigenvalue weighted by atomic mass is 16.1. The van der Waals surface area contributed by atoms with Gasteiger partial charge in [0.2, 0.25) is 0 Å². The van der Waals surface area contributed by atoms with Crippen molar-refractivity contribution in [3.8, 4) is 0 Å². The number of fused-ring (bicyclic) bond motifs is 1. The van der Waals surface area contributed by atoms with Crippen LogP contribution in [0.5, 0.6) is 0 Å². The molecular formula is C15H17N5O. The average Bonchev–Trinajstić information content (AvgIpc) is 2.97. The van der Waals surface area contributed by atoms with E-state index >= 15 is 0 Å². The van der Waals surface area contributed by atoms with Crippen molar-refractivity contribution in [2.45, 2.75) is 32.9 Å². The molecular weight excluding hydrogens is 266 g/mol. The molecule has 3 aromatic rings. The van der Waals surface area contributed by atoms with E-state index in [1.807, 2.05) is 12.4 Å². The highest BCUT2D eigenvalue weighted by Gasteiger charge is 2.05. The maximum absolute atomic E-state index is 12.3. The van der Waals surface area contributed by atoms with Crippen molar-refractivity contribution in [1.29, 1.82) is 0 Å². The minimum absolute atomic E-state index is 0.0815. The van der Waals surface area contributed by atoms with Gasteiger partial charge in [0.25, 0.3) is 5.56 Å². The van der Waals surface area contributed by atoms with Crippen molar-refractivity contribution in [3.63, 3.8) is 0 Å². The van der Waals surface area contributed by atoms with Crippen LogP contribution in [0, 0.1) is 0 Å². The van der Waals surface area contributed by atoms with Crippen LogP contribution in [0.2, 0.25) is 0 Å². The van der Waals surface area contributed by atoms with E-state index in [4.69, 9.17) is 0 Å². The van der Waals surface area contributed by atoms with Crippen molar-refractivity contribution >= 4 is 11.0 Å². The summed E-state index contributed by atoms with van der Waals surface area (Å²) in [7, 11) is 0. The van der Waals surface area contributed by atoms with Gasteiger partial charge in [-0.15, -0.1) is 0 Å². The van der Waals surface area contributed by atoms with Gasteiger partial charge in [0.1, 0.15) is 5.82 Å². The van der Waals surface area contributed by atoms with Crippen LogP contribution in [-0.4, -0.2) is 24.1 Å². The zero-order valence-corrected chi connectivity index (χ0v) is 11.9. The first-order valence-electron chi connectivity index (χ1n) is 7.09. The molecule has 3 rings (SSSR count). The summed E-state index contributed by atoms with van der Waals surface area (Å²) >= 11 is 0. The van der Waals surface area contributed by atoms with Gasteiger partial charge in [0, 0.05) is 38.1 Å². The second kappa shape index (κ2) is 5.87. The van der Waals surface area contributed by atoms with Gasteiger partial charge >= 0.3 is 0 Å². The van der Waals surface area contributed by atoms with Crippen LogP contribution in [0.15, 0.2) is 41.8 Å². The molecule has 0 unspecified atom stereocenters. The Kier molecular flexibility index (Phi) is 3.77. The van der Waals surface area contributed by atoms with Crippen LogP contribution in [-0.2, 0) is 19.5 Å². The van der Waals surface area contributed by atoms with E-state index in [2.05, 4.69) is 26.4 Å². The third-order valence-corrected chi connectivity index (χ3v) is 3.50. The number of nitrogens with zero attached hydrogens (tertiary/aromatic N) is 5. The number of pyridine rings is 1. The lowest BCUT2D eigenvalue weighted by Gasteiger charge is -2.08. The van der Waals surface area contributed by atoms with Gasteiger partial charge in [-0.1, -0.05) is 6.92 Å². The number of aryl methyl sites for hydroxylation is 3. The highest BCUT2D eigenvalue weighted by molar-refractivity contribution is 5.71. The van der Waals surface area contributed by atoms with Crippen molar-refractivity contribution in [1.82, 2.24) is 24.1 Å². The highest BCUT2D eigenvalue weighted by Crippen LogP contribution is 2.03. The quantitative estimate of drug-likeness (QED) is 0.714. The van der Waals surface area contributed by atoms with Crippen molar-refractivity contribution in [2.75, 3.05) is 0 Å². The Labute approximate surface area is 122 Å². The van der Waals surface area contributed by atoms with Crippen LogP contribution in [0.4, 0.5) is 0 Å². The third-order valence-electron chi connectivity index (χ3n) is 3.50. The molecule has 0 N–H and O–H groups in total. The minimum Gasteiger partial charge on any atom is -0.335 e. The Morgan fingerprint density at radius 3 is 2.81 bits per heavy atom.